The molecule has 2 heterocycles. The van der Waals surface area contributed by atoms with Crippen molar-refractivity contribution in [2.75, 3.05) is 30.6 Å². The van der Waals surface area contributed by atoms with Crippen LogP contribution in [0.25, 0.3) is 10.2 Å². The van der Waals surface area contributed by atoms with Gasteiger partial charge in [-0.05, 0) is 18.4 Å². The van der Waals surface area contributed by atoms with Gasteiger partial charge in [0.05, 0.1) is 22.3 Å². The second-order valence-corrected chi connectivity index (χ2v) is 6.88. The summed E-state index contributed by atoms with van der Waals surface area (Å²) in [4.78, 5) is 28.4. The van der Waals surface area contributed by atoms with Crippen LogP contribution in [0.5, 0.6) is 0 Å². The zero-order valence-corrected chi connectivity index (χ0v) is 15.9. The Bertz CT molecular complexity index is 852. The first kappa shape index (κ1) is 18.9. The van der Waals surface area contributed by atoms with E-state index in [2.05, 4.69) is 26.9 Å². The van der Waals surface area contributed by atoms with Crippen molar-refractivity contribution < 1.29 is 4.79 Å². The number of hydrogen-bond donors (Lipinski definition) is 1. The standard InChI is InChI=1S/C17H19N5OS2/c1-5-12(24-4)7-6-8-18-10-19-15-13(9-23)25-17-14(15)16(22(2)3)20-11-21-17/h5-11H,1H2,2-4H3,(H,18,19)/b8-6+,12-7+. The third kappa shape index (κ3) is 4.55. The second kappa shape index (κ2) is 9.14. The molecule has 0 spiro atoms. The number of carbonyl (C=O) groups is 1. The minimum atomic E-state index is 0.560. The van der Waals surface area contributed by atoms with E-state index < -0.39 is 0 Å². The van der Waals surface area contributed by atoms with E-state index in [1.54, 1.807) is 24.0 Å². The molecule has 0 unspecified atom stereocenters. The molecular formula is C17H19N5OS2. The highest BCUT2D eigenvalue weighted by molar-refractivity contribution is 8.02. The number of thioether (sulfide) groups is 1. The van der Waals surface area contributed by atoms with Gasteiger partial charge >= 0.3 is 0 Å². The lowest BCUT2D eigenvalue weighted by atomic mass is 10.2. The number of aliphatic imine (C=N–C) groups is 1. The highest BCUT2D eigenvalue weighted by Crippen LogP contribution is 2.37. The van der Waals surface area contributed by atoms with Crippen molar-refractivity contribution in [3.05, 3.63) is 47.1 Å². The number of aromatic nitrogens is 2. The molecule has 0 saturated heterocycles. The van der Waals surface area contributed by atoms with Crippen molar-refractivity contribution in [2.45, 2.75) is 0 Å². The first-order chi connectivity index (χ1) is 12.1. The molecule has 0 atom stereocenters. The predicted molar refractivity (Wildman–Crippen MR) is 110 cm³/mol. The maximum absolute atomic E-state index is 11.4. The summed E-state index contributed by atoms with van der Waals surface area (Å²) in [5, 5.41) is 3.89. The van der Waals surface area contributed by atoms with Crippen LogP contribution in [-0.4, -0.2) is 42.9 Å². The van der Waals surface area contributed by atoms with Crippen LogP contribution in [0.3, 0.4) is 0 Å². The number of fused-ring (bicyclic) bond motifs is 1. The normalized spacial score (nSPS) is 12.2. The van der Waals surface area contributed by atoms with Gasteiger partial charge in [-0.1, -0.05) is 12.7 Å². The van der Waals surface area contributed by atoms with Gasteiger partial charge in [0.2, 0.25) is 0 Å². The smallest absolute Gasteiger partial charge is 0.162 e. The number of nitrogens with zero attached hydrogens (tertiary/aromatic N) is 4. The van der Waals surface area contributed by atoms with Crippen molar-refractivity contribution in [1.29, 1.82) is 0 Å². The summed E-state index contributed by atoms with van der Waals surface area (Å²) in [5.41, 5.74) is 0.669. The molecule has 130 valence electrons. The van der Waals surface area contributed by atoms with E-state index in [1.165, 1.54) is 24.0 Å². The zero-order chi connectivity index (χ0) is 18.2. The summed E-state index contributed by atoms with van der Waals surface area (Å²) in [6, 6.07) is 0. The molecule has 0 saturated carbocycles. The minimum absolute atomic E-state index is 0.560. The van der Waals surface area contributed by atoms with Gasteiger partial charge in [0.25, 0.3) is 0 Å². The fourth-order valence-corrected chi connectivity index (χ4v) is 3.35. The first-order valence-electron chi connectivity index (χ1n) is 7.33. The van der Waals surface area contributed by atoms with E-state index in [4.69, 9.17) is 0 Å². The summed E-state index contributed by atoms with van der Waals surface area (Å²) in [7, 11) is 3.80. The summed E-state index contributed by atoms with van der Waals surface area (Å²) in [6.45, 7) is 3.73. The van der Waals surface area contributed by atoms with Crippen molar-refractivity contribution in [3.8, 4) is 0 Å². The van der Waals surface area contributed by atoms with Crippen LogP contribution in [0.4, 0.5) is 11.5 Å². The van der Waals surface area contributed by atoms with Gasteiger partial charge in [0.1, 0.15) is 17.0 Å². The van der Waals surface area contributed by atoms with E-state index in [0.717, 1.165) is 27.2 Å². The molecule has 0 bridgehead atoms. The highest BCUT2D eigenvalue weighted by Gasteiger charge is 2.17. The average Bonchev–Trinajstić information content (AvgIpc) is 2.98. The summed E-state index contributed by atoms with van der Waals surface area (Å²) >= 11 is 2.93. The zero-order valence-electron chi connectivity index (χ0n) is 14.3. The van der Waals surface area contributed by atoms with Crippen molar-refractivity contribution in [3.63, 3.8) is 0 Å². The van der Waals surface area contributed by atoms with Crippen molar-refractivity contribution in [1.82, 2.24) is 9.97 Å². The van der Waals surface area contributed by atoms with Gasteiger partial charge in [0.15, 0.2) is 6.29 Å². The summed E-state index contributed by atoms with van der Waals surface area (Å²) in [5.74, 6) is 0.749. The fraction of sp³-hybridized carbons (Fsp3) is 0.176. The molecule has 0 aliphatic carbocycles. The van der Waals surface area contributed by atoms with Gasteiger partial charge in [0, 0.05) is 25.2 Å². The van der Waals surface area contributed by atoms with Gasteiger partial charge < -0.3 is 10.2 Å². The van der Waals surface area contributed by atoms with E-state index in [1.807, 2.05) is 37.4 Å². The Morgan fingerprint density at radius 3 is 2.88 bits per heavy atom. The predicted octanol–water partition coefficient (Wildman–Crippen LogP) is 3.96. The molecule has 2 rings (SSSR count). The van der Waals surface area contributed by atoms with Gasteiger partial charge in [-0.15, -0.1) is 23.1 Å². The first-order valence-corrected chi connectivity index (χ1v) is 9.38. The maximum atomic E-state index is 11.4. The van der Waals surface area contributed by atoms with Gasteiger partial charge in [-0.3, -0.25) is 4.79 Å². The quantitative estimate of drug-likeness (QED) is 0.327. The molecular weight excluding hydrogens is 354 g/mol. The average molecular weight is 374 g/mol. The largest absolute Gasteiger partial charge is 0.362 e. The van der Waals surface area contributed by atoms with Crippen LogP contribution in [-0.2, 0) is 0 Å². The maximum Gasteiger partial charge on any atom is 0.162 e. The summed E-state index contributed by atoms with van der Waals surface area (Å²) in [6.07, 6.45) is 13.0. The number of anilines is 2. The van der Waals surface area contributed by atoms with Crippen LogP contribution in [0.1, 0.15) is 9.67 Å². The number of aldehydes is 1. The number of carbonyl (C=O) groups excluding carboxylic acids is 1. The molecule has 0 amide bonds. The number of nitrogens with one attached hydrogen (secondary N) is 1. The van der Waals surface area contributed by atoms with Crippen LogP contribution < -0.4 is 10.2 Å². The Kier molecular flexibility index (Phi) is 6.91. The van der Waals surface area contributed by atoms with Crippen LogP contribution in [0.2, 0.25) is 0 Å². The van der Waals surface area contributed by atoms with E-state index >= 15 is 0 Å². The fourth-order valence-electron chi connectivity index (χ4n) is 2.05. The Labute approximate surface area is 155 Å². The Morgan fingerprint density at radius 2 is 2.24 bits per heavy atom. The third-order valence-corrected chi connectivity index (χ3v) is 4.98. The topological polar surface area (TPSA) is 70.5 Å². The van der Waals surface area contributed by atoms with Crippen molar-refractivity contribution in [2.24, 2.45) is 4.99 Å². The summed E-state index contributed by atoms with van der Waals surface area (Å²) < 4.78 is 0. The second-order valence-electron chi connectivity index (χ2n) is 4.97. The number of hydrogen-bond acceptors (Lipinski definition) is 7. The van der Waals surface area contributed by atoms with E-state index in [-0.39, 0.29) is 0 Å². The Balaban J connectivity index is 2.27. The molecule has 0 aromatic carbocycles. The van der Waals surface area contributed by atoms with E-state index in [0.29, 0.717) is 10.6 Å². The van der Waals surface area contributed by atoms with E-state index in [9.17, 15) is 4.79 Å². The highest BCUT2D eigenvalue weighted by atomic mass is 32.2. The molecule has 0 radical (unpaired) electrons. The van der Waals surface area contributed by atoms with Crippen molar-refractivity contribution >= 4 is 57.4 Å². The molecule has 0 aliphatic heterocycles. The lowest BCUT2D eigenvalue weighted by molar-refractivity contribution is 0.112. The molecule has 2 aromatic rings. The molecule has 6 nitrogen and oxygen atoms in total. The number of thiophene rings is 1. The lowest BCUT2D eigenvalue weighted by Gasteiger charge is -2.12. The molecule has 0 aliphatic rings. The lowest BCUT2D eigenvalue weighted by Crippen LogP contribution is -2.11. The molecule has 1 N–H and O–H groups in total. The molecule has 2 aromatic heterocycles. The molecule has 8 heteroatoms. The van der Waals surface area contributed by atoms with Gasteiger partial charge in [-0.2, -0.15) is 0 Å². The SMILES string of the molecule is C=C/C(=C\C=C\N=CNc1c(C=O)sc2ncnc(N(C)C)c12)SC. The Morgan fingerprint density at radius 1 is 1.44 bits per heavy atom. The van der Waals surface area contributed by atoms with Crippen LogP contribution >= 0.6 is 23.1 Å². The monoisotopic (exact) mass is 373 g/mol. The Hall–Kier alpha value is -2.45. The third-order valence-electron chi connectivity index (χ3n) is 3.18. The van der Waals surface area contributed by atoms with Crippen LogP contribution in [0, 0.1) is 0 Å². The molecule has 0 fully saturated rings. The number of allylic oxidation sites excluding steroid dienone is 3. The van der Waals surface area contributed by atoms with Gasteiger partial charge in [-0.25, -0.2) is 15.0 Å². The number of rotatable bonds is 8. The minimum Gasteiger partial charge on any atom is -0.362 e. The molecule has 25 heavy (non-hydrogen) atoms. The van der Waals surface area contributed by atoms with Crippen LogP contribution in [0.15, 0.2) is 47.2 Å².